The fraction of sp³-hybridized carbons (Fsp3) is 0.222. The molecule has 0 heterocycles. The van der Waals surface area contributed by atoms with Crippen molar-refractivity contribution in [2.24, 2.45) is 0 Å². The van der Waals surface area contributed by atoms with E-state index in [1.165, 1.54) is 16.7 Å². The number of nitrogens with zero attached hydrogens (tertiary/aromatic N) is 3. The standard InChI is InChI=1S/C27H21N3/c1-26(22-8-4-3-5-9-22)12-13-27(2,24-11-7-6-10-23(24)26)25-15-20(17-29)19(16-28)14-21(25)18-30/h3-11,14-15H,12-13H2,1-2H3/t26-,27+/m0/s1. The van der Waals surface area contributed by atoms with Crippen LogP contribution in [-0.2, 0) is 10.8 Å². The van der Waals surface area contributed by atoms with Gasteiger partial charge in [0.2, 0.25) is 0 Å². The minimum absolute atomic E-state index is 0.130. The average Bonchev–Trinajstić information content (AvgIpc) is 2.81. The van der Waals surface area contributed by atoms with Crippen LogP contribution in [0.15, 0.2) is 66.7 Å². The van der Waals surface area contributed by atoms with Gasteiger partial charge in [-0.25, -0.2) is 0 Å². The molecule has 0 spiro atoms. The van der Waals surface area contributed by atoms with Crippen molar-refractivity contribution in [3.63, 3.8) is 0 Å². The highest BCUT2D eigenvalue weighted by atomic mass is 14.5. The number of hydrogen-bond donors (Lipinski definition) is 0. The zero-order chi connectivity index (χ0) is 21.4. The maximum atomic E-state index is 9.83. The van der Waals surface area contributed by atoms with Gasteiger partial charge in [-0.15, -0.1) is 0 Å². The lowest BCUT2D eigenvalue weighted by Crippen LogP contribution is -2.39. The van der Waals surface area contributed by atoms with Gasteiger partial charge in [0.05, 0.1) is 22.8 Å². The highest BCUT2D eigenvalue weighted by Gasteiger charge is 2.44. The monoisotopic (exact) mass is 387 g/mol. The molecule has 3 aromatic rings. The Labute approximate surface area is 177 Å². The molecule has 0 fully saturated rings. The molecular weight excluding hydrogens is 366 g/mol. The van der Waals surface area contributed by atoms with Crippen LogP contribution in [0.2, 0.25) is 0 Å². The molecule has 144 valence electrons. The fourth-order valence-corrected chi connectivity index (χ4v) is 4.93. The van der Waals surface area contributed by atoms with E-state index >= 15 is 0 Å². The van der Waals surface area contributed by atoms with Crippen molar-refractivity contribution in [1.29, 1.82) is 15.8 Å². The zero-order valence-corrected chi connectivity index (χ0v) is 17.1. The van der Waals surface area contributed by atoms with Crippen LogP contribution in [0.3, 0.4) is 0 Å². The lowest BCUT2D eigenvalue weighted by Gasteiger charge is -2.46. The van der Waals surface area contributed by atoms with Crippen molar-refractivity contribution >= 4 is 0 Å². The van der Waals surface area contributed by atoms with E-state index in [9.17, 15) is 15.8 Å². The first kappa shape index (κ1) is 19.4. The summed E-state index contributed by atoms with van der Waals surface area (Å²) >= 11 is 0. The lowest BCUT2D eigenvalue weighted by atomic mass is 9.57. The molecular formula is C27H21N3. The minimum Gasteiger partial charge on any atom is -0.192 e. The first-order valence-corrected chi connectivity index (χ1v) is 10.0. The molecule has 0 amide bonds. The van der Waals surface area contributed by atoms with Crippen LogP contribution in [0.4, 0.5) is 0 Å². The molecule has 3 aromatic carbocycles. The maximum Gasteiger partial charge on any atom is 0.101 e. The number of hydrogen-bond acceptors (Lipinski definition) is 3. The van der Waals surface area contributed by atoms with E-state index in [0.717, 1.165) is 18.4 Å². The number of benzene rings is 3. The topological polar surface area (TPSA) is 71.4 Å². The SMILES string of the molecule is C[C@@]1(c2cc(C#N)c(C#N)cc2C#N)CC[C@@](C)(c2ccccc2)c2ccccc21. The Bertz CT molecular complexity index is 1250. The molecule has 0 aliphatic heterocycles. The van der Waals surface area contributed by atoms with Gasteiger partial charge >= 0.3 is 0 Å². The quantitative estimate of drug-likeness (QED) is 0.565. The smallest absolute Gasteiger partial charge is 0.101 e. The number of fused-ring (bicyclic) bond motifs is 1. The van der Waals surface area contributed by atoms with Crippen molar-refractivity contribution in [2.75, 3.05) is 0 Å². The van der Waals surface area contributed by atoms with Crippen molar-refractivity contribution in [3.05, 3.63) is 106 Å². The summed E-state index contributed by atoms with van der Waals surface area (Å²) in [5, 5.41) is 28.8. The van der Waals surface area contributed by atoms with Crippen LogP contribution in [0.25, 0.3) is 0 Å². The molecule has 0 bridgehead atoms. The van der Waals surface area contributed by atoms with Gasteiger partial charge in [-0.2, -0.15) is 15.8 Å². The van der Waals surface area contributed by atoms with E-state index in [4.69, 9.17) is 0 Å². The molecule has 0 saturated heterocycles. The third kappa shape index (κ3) is 2.78. The van der Waals surface area contributed by atoms with Gasteiger partial charge in [0.25, 0.3) is 0 Å². The van der Waals surface area contributed by atoms with Crippen molar-refractivity contribution in [1.82, 2.24) is 0 Å². The fourth-order valence-electron chi connectivity index (χ4n) is 4.93. The first-order valence-electron chi connectivity index (χ1n) is 10.0. The summed E-state index contributed by atoms with van der Waals surface area (Å²) in [5.41, 5.74) is 5.00. The normalized spacial score (nSPS) is 22.2. The van der Waals surface area contributed by atoms with Crippen LogP contribution < -0.4 is 0 Å². The van der Waals surface area contributed by atoms with Gasteiger partial charge in [-0.05, 0) is 47.2 Å². The Morgan fingerprint density at radius 2 is 1.10 bits per heavy atom. The first-order chi connectivity index (χ1) is 14.5. The number of nitriles is 3. The third-order valence-corrected chi connectivity index (χ3v) is 6.77. The van der Waals surface area contributed by atoms with E-state index in [1.54, 1.807) is 12.1 Å². The predicted molar refractivity (Wildman–Crippen MR) is 116 cm³/mol. The van der Waals surface area contributed by atoms with Gasteiger partial charge in [-0.3, -0.25) is 0 Å². The van der Waals surface area contributed by atoms with Crippen LogP contribution in [0.1, 0.15) is 65.6 Å². The van der Waals surface area contributed by atoms with Crippen LogP contribution in [-0.4, -0.2) is 0 Å². The molecule has 4 rings (SSSR count). The maximum absolute atomic E-state index is 9.83. The molecule has 30 heavy (non-hydrogen) atoms. The van der Waals surface area contributed by atoms with Gasteiger partial charge in [0.15, 0.2) is 0 Å². The number of rotatable bonds is 2. The van der Waals surface area contributed by atoms with Crippen LogP contribution in [0, 0.1) is 34.0 Å². The molecule has 3 heteroatoms. The van der Waals surface area contributed by atoms with E-state index in [1.807, 2.05) is 18.2 Å². The molecule has 2 atom stereocenters. The molecule has 3 nitrogen and oxygen atoms in total. The Morgan fingerprint density at radius 1 is 0.600 bits per heavy atom. The predicted octanol–water partition coefficient (Wildman–Crippen LogP) is 5.71. The second kappa shape index (κ2) is 7.18. The van der Waals surface area contributed by atoms with E-state index < -0.39 is 5.41 Å². The van der Waals surface area contributed by atoms with Crippen LogP contribution in [0.5, 0.6) is 0 Å². The minimum atomic E-state index is -0.421. The van der Waals surface area contributed by atoms with Gasteiger partial charge in [0, 0.05) is 10.8 Å². The summed E-state index contributed by atoms with van der Waals surface area (Å²) in [5.74, 6) is 0. The van der Waals surface area contributed by atoms with Crippen molar-refractivity contribution in [3.8, 4) is 18.2 Å². The lowest BCUT2D eigenvalue weighted by molar-refractivity contribution is 0.369. The zero-order valence-electron chi connectivity index (χ0n) is 17.1. The Balaban J connectivity index is 1.97. The molecule has 0 radical (unpaired) electrons. The summed E-state index contributed by atoms with van der Waals surface area (Å²) in [6, 6.07) is 28.7. The van der Waals surface area contributed by atoms with E-state index in [-0.39, 0.29) is 11.0 Å². The molecule has 0 aromatic heterocycles. The Morgan fingerprint density at radius 3 is 1.70 bits per heavy atom. The molecule has 0 N–H and O–H groups in total. The van der Waals surface area contributed by atoms with Crippen molar-refractivity contribution in [2.45, 2.75) is 37.5 Å². The second-order valence-electron chi connectivity index (χ2n) is 8.35. The highest BCUT2D eigenvalue weighted by Crippen LogP contribution is 2.52. The van der Waals surface area contributed by atoms with Crippen molar-refractivity contribution < 1.29 is 0 Å². The molecule has 0 unspecified atom stereocenters. The Hall–Kier alpha value is -3.87. The van der Waals surface area contributed by atoms with Crippen LogP contribution >= 0.6 is 0 Å². The summed E-state index contributed by atoms with van der Waals surface area (Å²) < 4.78 is 0. The molecule has 1 aliphatic rings. The molecule has 0 saturated carbocycles. The average molecular weight is 387 g/mol. The Kier molecular flexibility index (Phi) is 4.66. The summed E-state index contributed by atoms with van der Waals surface area (Å²) in [6.07, 6.45) is 1.75. The van der Waals surface area contributed by atoms with Gasteiger partial charge in [-0.1, -0.05) is 68.4 Å². The highest BCUT2D eigenvalue weighted by molar-refractivity contribution is 5.60. The summed E-state index contributed by atoms with van der Waals surface area (Å²) in [6.45, 7) is 4.44. The van der Waals surface area contributed by atoms with Gasteiger partial charge in [0.1, 0.15) is 12.1 Å². The largest absolute Gasteiger partial charge is 0.192 e. The summed E-state index contributed by atoms with van der Waals surface area (Å²) in [7, 11) is 0. The van der Waals surface area contributed by atoms with Gasteiger partial charge < -0.3 is 0 Å². The van der Waals surface area contributed by atoms with E-state index in [0.29, 0.717) is 11.1 Å². The summed E-state index contributed by atoms with van der Waals surface area (Å²) in [4.78, 5) is 0. The molecule has 1 aliphatic carbocycles. The third-order valence-electron chi connectivity index (χ3n) is 6.77. The second-order valence-corrected chi connectivity index (χ2v) is 8.35. The van der Waals surface area contributed by atoms with E-state index in [2.05, 4.69) is 68.5 Å².